The molecule has 0 rings (SSSR count). The van der Waals surface area contributed by atoms with Gasteiger partial charge in [0.05, 0.1) is 6.17 Å². The van der Waals surface area contributed by atoms with Gasteiger partial charge in [-0.1, -0.05) is 40.5 Å². The molecular weight excluding hydrogens is 248 g/mol. The first-order valence-electron chi connectivity index (χ1n) is 8.73. The molecule has 122 valence electrons. The molecule has 0 aliphatic carbocycles. The fourth-order valence-corrected chi connectivity index (χ4v) is 3.00. The van der Waals surface area contributed by atoms with Crippen LogP contribution in [0.5, 0.6) is 0 Å². The maximum atomic E-state index is 5.59. The van der Waals surface area contributed by atoms with Gasteiger partial charge in [-0.15, -0.1) is 0 Å². The van der Waals surface area contributed by atoms with Gasteiger partial charge < -0.3 is 16.4 Å². The van der Waals surface area contributed by atoms with Gasteiger partial charge in [0.25, 0.3) is 0 Å². The number of nitrogens with two attached hydrogens (primary N) is 2. The molecular formula is C17H39N3. The van der Waals surface area contributed by atoms with Crippen molar-refractivity contribution in [2.45, 2.75) is 78.8 Å². The number of rotatable bonds is 13. The van der Waals surface area contributed by atoms with Gasteiger partial charge in [0.1, 0.15) is 0 Å². The van der Waals surface area contributed by atoms with E-state index in [0.29, 0.717) is 0 Å². The molecule has 0 aromatic rings. The zero-order valence-electron chi connectivity index (χ0n) is 14.4. The van der Waals surface area contributed by atoms with E-state index in [2.05, 4.69) is 32.6 Å². The summed E-state index contributed by atoms with van der Waals surface area (Å²) >= 11 is 0. The van der Waals surface area contributed by atoms with Crippen LogP contribution in [0.4, 0.5) is 0 Å². The van der Waals surface area contributed by atoms with Crippen molar-refractivity contribution in [2.24, 2.45) is 23.3 Å². The lowest BCUT2D eigenvalue weighted by molar-refractivity contribution is 0.243. The summed E-state index contributed by atoms with van der Waals surface area (Å²) in [7, 11) is 0. The van der Waals surface area contributed by atoms with E-state index in [9.17, 15) is 0 Å². The molecule has 0 spiro atoms. The van der Waals surface area contributed by atoms with Gasteiger partial charge in [0.15, 0.2) is 0 Å². The Morgan fingerprint density at radius 3 is 1.85 bits per heavy atom. The zero-order valence-corrected chi connectivity index (χ0v) is 14.4. The Bertz CT molecular complexity index is 200. The monoisotopic (exact) mass is 287 g/mol. The van der Waals surface area contributed by atoms with Crippen molar-refractivity contribution >= 4 is 0 Å². The first-order chi connectivity index (χ1) is 9.49. The van der Waals surface area contributed by atoms with Gasteiger partial charge in [-0.3, -0.25) is 0 Å². The van der Waals surface area contributed by atoms with Gasteiger partial charge in [0.2, 0.25) is 0 Å². The molecule has 0 saturated heterocycles. The SMILES string of the molecule is CCC[16N](CCC)CCC(C)CC(C)CCCC(N)N. The third kappa shape index (κ3) is 11.7. The van der Waals surface area contributed by atoms with E-state index in [4.69, 9.17) is 11.5 Å². The Kier molecular flexibility index (Phi) is 12.5. The molecule has 4 N–H and O–H groups in total. The minimum atomic E-state index is -0.128. The van der Waals surface area contributed by atoms with Crippen molar-refractivity contribution in [3.05, 3.63) is 0 Å². The molecule has 0 amide bonds. The summed E-state index contributed by atoms with van der Waals surface area (Å²) in [5.74, 6) is 1.63. The quantitative estimate of drug-likeness (QED) is 0.509. The highest BCUT2D eigenvalue weighted by Gasteiger charge is 2.11. The average molecular weight is 288 g/mol. The van der Waals surface area contributed by atoms with Crippen LogP contribution in [0.25, 0.3) is 0 Å². The molecule has 2 atom stereocenters. The Hall–Kier alpha value is -0.120. The summed E-state index contributed by atoms with van der Waals surface area (Å²) < 4.78 is 0. The Morgan fingerprint density at radius 1 is 0.800 bits per heavy atom. The molecule has 3 nitrogen and oxygen atoms in total. The van der Waals surface area contributed by atoms with Crippen molar-refractivity contribution < 1.29 is 0 Å². The van der Waals surface area contributed by atoms with Crippen LogP contribution in [0.3, 0.4) is 0 Å². The third-order valence-electron chi connectivity index (χ3n) is 4.06. The minimum Gasteiger partial charge on any atom is -0.316 e. The fourth-order valence-electron chi connectivity index (χ4n) is 3.00. The van der Waals surface area contributed by atoms with Crippen molar-refractivity contribution in [3.8, 4) is 0 Å². The molecule has 20 heavy (non-hydrogen) atoms. The predicted octanol–water partition coefficient (Wildman–Crippen LogP) is 3.57. The highest BCUT2D eigenvalue weighted by molar-refractivity contribution is 4.65. The Labute approximate surface area is 127 Å². The van der Waals surface area contributed by atoms with E-state index in [1.807, 2.05) is 0 Å². The van der Waals surface area contributed by atoms with E-state index in [1.54, 1.807) is 0 Å². The molecule has 0 bridgehead atoms. The molecule has 0 aromatic carbocycles. The van der Waals surface area contributed by atoms with E-state index >= 15 is 0 Å². The number of hydrogen-bond donors (Lipinski definition) is 2. The highest BCUT2D eigenvalue weighted by Crippen LogP contribution is 2.20. The van der Waals surface area contributed by atoms with Crippen LogP contribution in [-0.2, 0) is 0 Å². The molecule has 0 aliphatic rings. The lowest BCUT2D eigenvalue weighted by Crippen LogP contribution is -2.30. The number of hydrogen-bond acceptors (Lipinski definition) is 3. The van der Waals surface area contributed by atoms with Crippen LogP contribution in [0.15, 0.2) is 0 Å². The van der Waals surface area contributed by atoms with Gasteiger partial charge in [-0.25, -0.2) is 0 Å². The van der Waals surface area contributed by atoms with Crippen LogP contribution in [0.1, 0.15) is 72.6 Å². The van der Waals surface area contributed by atoms with Gasteiger partial charge >= 0.3 is 0 Å². The van der Waals surface area contributed by atoms with Crippen molar-refractivity contribution in [2.75, 3.05) is 19.6 Å². The standard InChI is InChI=1S/C17H39N3/c1-5-11-20(12-6-2)13-10-16(4)14-15(3)8-7-9-17(18)19/h15-17H,5-14,18-19H2,1-4H3/i20+2. The molecule has 0 fully saturated rings. The molecule has 0 saturated carbocycles. The second-order valence-electron chi connectivity index (χ2n) is 6.67. The normalized spacial score (nSPS) is 15.0. The largest absolute Gasteiger partial charge is 0.316 e. The second-order valence-corrected chi connectivity index (χ2v) is 6.67. The fraction of sp³-hybridized carbons (Fsp3) is 1.00. The average Bonchev–Trinajstić information content (AvgIpc) is 2.36. The summed E-state index contributed by atoms with van der Waals surface area (Å²) in [4.78, 5) is 2.62. The van der Waals surface area contributed by atoms with Crippen molar-refractivity contribution in [1.82, 2.24) is 4.90 Å². The first kappa shape index (κ1) is 19.9. The van der Waals surface area contributed by atoms with Crippen LogP contribution in [0, 0.1) is 11.8 Å². The van der Waals surface area contributed by atoms with Crippen molar-refractivity contribution in [3.63, 3.8) is 0 Å². The van der Waals surface area contributed by atoms with Crippen molar-refractivity contribution in [1.29, 1.82) is 0 Å². The maximum absolute atomic E-state index is 5.59. The molecule has 2 unspecified atom stereocenters. The summed E-state index contributed by atoms with van der Waals surface area (Å²) in [6, 6.07) is 0. The molecule has 0 radical (unpaired) electrons. The second kappa shape index (κ2) is 12.6. The van der Waals surface area contributed by atoms with Crippen LogP contribution in [0.2, 0.25) is 0 Å². The summed E-state index contributed by atoms with van der Waals surface area (Å²) in [6.45, 7) is 13.1. The highest BCUT2D eigenvalue weighted by atomic mass is 16.7. The Balaban J connectivity index is 3.76. The summed E-state index contributed by atoms with van der Waals surface area (Å²) in [6.07, 6.45) is 8.48. The summed E-state index contributed by atoms with van der Waals surface area (Å²) in [5.41, 5.74) is 11.2. The van der Waals surface area contributed by atoms with E-state index in [1.165, 1.54) is 58.2 Å². The van der Waals surface area contributed by atoms with E-state index in [0.717, 1.165) is 18.3 Å². The van der Waals surface area contributed by atoms with Crippen LogP contribution in [-0.4, -0.2) is 30.7 Å². The lowest BCUT2D eigenvalue weighted by Gasteiger charge is -2.24. The molecule has 3 heteroatoms. The van der Waals surface area contributed by atoms with Gasteiger partial charge in [0, 0.05) is 0 Å². The number of nitrogens with zero attached hydrogens (tertiary/aromatic N) is 1. The third-order valence-corrected chi connectivity index (χ3v) is 4.06. The molecule has 0 aliphatic heterocycles. The van der Waals surface area contributed by atoms with Crippen LogP contribution >= 0.6 is 0 Å². The first-order valence-corrected chi connectivity index (χ1v) is 8.73. The van der Waals surface area contributed by atoms with E-state index < -0.39 is 0 Å². The minimum absolute atomic E-state index is 0.128. The topological polar surface area (TPSA) is 55.3 Å². The lowest BCUT2D eigenvalue weighted by atomic mass is 9.91. The smallest absolute Gasteiger partial charge is 0.0520 e. The van der Waals surface area contributed by atoms with Crippen LogP contribution < -0.4 is 11.5 Å². The van der Waals surface area contributed by atoms with E-state index in [-0.39, 0.29) is 6.17 Å². The molecule has 0 aromatic heterocycles. The van der Waals surface area contributed by atoms with Gasteiger partial charge in [-0.05, 0) is 63.6 Å². The maximum Gasteiger partial charge on any atom is 0.0520 e. The van der Waals surface area contributed by atoms with Gasteiger partial charge in [-0.2, -0.15) is 0 Å². The predicted molar refractivity (Wildman–Crippen MR) is 90.6 cm³/mol. The zero-order chi connectivity index (χ0) is 15.4. The summed E-state index contributed by atoms with van der Waals surface area (Å²) in [5, 5.41) is 0. The molecule has 0 heterocycles. The Morgan fingerprint density at radius 2 is 1.35 bits per heavy atom.